The Balaban J connectivity index is 0.00000288. The summed E-state index contributed by atoms with van der Waals surface area (Å²) in [5.74, 6) is 1.14. The van der Waals surface area contributed by atoms with E-state index in [1.165, 1.54) is 0 Å². The third-order valence-electron chi connectivity index (χ3n) is 3.31. The Morgan fingerprint density at radius 1 is 1.38 bits per heavy atom. The molecule has 0 radical (unpaired) electrons. The highest BCUT2D eigenvalue weighted by Crippen LogP contribution is 2.31. The molecule has 0 bridgehead atoms. The van der Waals surface area contributed by atoms with Crippen molar-refractivity contribution in [2.24, 2.45) is 4.99 Å². The van der Waals surface area contributed by atoms with E-state index in [1.807, 2.05) is 45.0 Å². The van der Waals surface area contributed by atoms with Crippen LogP contribution in [0.1, 0.15) is 38.8 Å². The van der Waals surface area contributed by atoms with Gasteiger partial charge < -0.3 is 20.1 Å². The molecule has 1 aliphatic heterocycles. The highest BCUT2D eigenvalue weighted by Gasteiger charge is 2.22. The fourth-order valence-electron chi connectivity index (χ4n) is 2.39. The number of rotatable bonds is 3. The lowest BCUT2D eigenvalue weighted by Crippen LogP contribution is -2.44. The van der Waals surface area contributed by atoms with E-state index in [2.05, 4.69) is 15.6 Å². The van der Waals surface area contributed by atoms with Gasteiger partial charge in [-0.3, -0.25) is 9.79 Å². The number of nitrogens with zero attached hydrogens (tertiary/aromatic N) is 1. The molecule has 0 aliphatic carbocycles. The second-order valence-corrected chi connectivity index (χ2v) is 6.38. The number of benzene rings is 1. The average Bonchev–Trinajstić information content (AvgIpc) is 2.50. The molecule has 0 aromatic heterocycles. The second-order valence-electron chi connectivity index (χ2n) is 6.38. The van der Waals surface area contributed by atoms with Crippen LogP contribution in [0.5, 0.6) is 5.75 Å². The van der Waals surface area contributed by atoms with Crippen LogP contribution in [-0.2, 0) is 9.53 Å². The monoisotopic (exact) mass is 447 g/mol. The van der Waals surface area contributed by atoms with Crippen molar-refractivity contribution in [3.8, 4) is 5.75 Å². The van der Waals surface area contributed by atoms with Gasteiger partial charge >= 0.3 is 5.97 Å². The molecule has 1 heterocycles. The first-order chi connectivity index (χ1) is 10.9. The number of nitrogens with one attached hydrogen (secondary N) is 2. The normalized spacial score (nSPS) is 17.0. The highest BCUT2D eigenvalue weighted by molar-refractivity contribution is 14.0. The van der Waals surface area contributed by atoms with Crippen LogP contribution >= 0.6 is 24.0 Å². The molecule has 0 saturated heterocycles. The number of carbonyl (C=O) groups excluding carboxylic acids is 1. The van der Waals surface area contributed by atoms with Crippen molar-refractivity contribution in [3.05, 3.63) is 29.8 Å². The lowest BCUT2D eigenvalue weighted by Gasteiger charge is -2.28. The summed E-state index contributed by atoms with van der Waals surface area (Å²) in [5, 5.41) is 6.32. The van der Waals surface area contributed by atoms with E-state index in [1.54, 1.807) is 7.05 Å². The third kappa shape index (κ3) is 6.18. The Labute approximate surface area is 160 Å². The zero-order valence-corrected chi connectivity index (χ0v) is 16.9. The number of hydrogen-bond donors (Lipinski definition) is 2. The van der Waals surface area contributed by atoms with E-state index >= 15 is 0 Å². The van der Waals surface area contributed by atoms with Gasteiger partial charge in [0, 0.05) is 19.0 Å². The topological polar surface area (TPSA) is 72.0 Å². The molecule has 7 heteroatoms. The van der Waals surface area contributed by atoms with Crippen LogP contribution in [0, 0.1) is 0 Å². The maximum atomic E-state index is 11.8. The first-order valence-electron chi connectivity index (χ1n) is 7.80. The molecule has 2 rings (SSSR count). The van der Waals surface area contributed by atoms with Gasteiger partial charge in [0.1, 0.15) is 17.9 Å². The summed E-state index contributed by atoms with van der Waals surface area (Å²) in [5.41, 5.74) is 0.606. The molecular weight excluding hydrogens is 421 g/mol. The lowest BCUT2D eigenvalue weighted by atomic mass is 10.0. The summed E-state index contributed by atoms with van der Waals surface area (Å²) in [6, 6.07) is 8.04. The Hall–Kier alpha value is -1.51. The van der Waals surface area contributed by atoms with Crippen LogP contribution in [-0.4, -0.2) is 37.7 Å². The molecule has 6 nitrogen and oxygen atoms in total. The summed E-state index contributed by atoms with van der Waals surface area (Å²) in [6.07, 6.45) is 0.837. The van der Waals surface area contributed by atoms with Crippen molar-refractivity contribution in [3.63, 3.8) is 0 Å². The van der Waals surface area contributed by atoms with Crippen molar-refractivity contribution < 1.29 is 14.3 Å². The molecule has 1 aromatic carbocycles. The minimum absolute atomic E-state index is 0. The van der Waals surface area contributed by atoms with Gasteiger partial charge in [-0.2, -0.15) is 0 Å². The first kappa shape index (κ1) is 20.5. The number of ether oxygens (including phenoxy) is 2. The summed E-state index contributed by atoms with van der Waals surface area (Å²) >= 11 is 0. The molecule has 0 amide bonds. The number of para-hydroxylation sites is 1. The maximum absolute atomic E-state index is 11.8. The number of aliphatic imine (C=N–C) groups is 1. The van der Waals surface area contributed by atoms with E-state index in [4.69, 9.17) is 9.47 Å². The minimum atomic E-state index is -0.491. The molecule has 1 aliphatic rings. The third-order valence-corrected chi connectivity index (χ3v) is 3.31. The van der Waals surface area contributed by atoms with Crippen LogP contribution in [0.2, 0.25) is 0 Å². The number of esters is 1. The highest BCUT2D eigenvalue weighted by atomic mass is 127. The average molecular weight is 447 g/mol. The number of carbonyl (C=O) groups is 1. The number of guanidine groups is 1. The summed E-state index contributed by atoms with van der Waals surface area (Å²) < 4.78 is 10.9. The second kappa shape index (κ2) is 9.10. The van der Waals surface area contributed by atoms with Gasteiger partial charge in [0.05, 0.1) is 12.6 Å². The van der Waals surface area contributed by atoms with Gasteiger partial charge in [0.15, 0.2) is 5.96 Å². The molecule has 0 fully saturated rings. The predicted molar refractivity (Wildman–Crippen MR) is 105 cm³/mol. The number of halogens is 1. The first-order valence-corrected chi connectivity index (χ1v) is 7.80. The van der Waals surface area contributed by atoms with Crippen LogP contribution in [0.15, 0.2) is 29.3 Å². The molecule has 1 unspecified atom stereocenters. The zero-order valence-electron chi connectivity index (χ0n) is 14.6. The van der Waals surface area contributed by atoms with Crippen molar-refractivity contribution in [1.29, 1.82) is 0 Å². The molecular formula is C17H26IN3O3. The zero-order chi connectivity index (χ0) is 16.9. The van der Waals surface area contributed by atoms with E-state index in [0.29, 0.717) is 12.6 Å². The molecule has 24 heavy (non-hydrogen) atoms. The van der Waals surface area contributed by atoms with Crippen molar-refractivity contribution >= 4 is 35.9 Å². The van der Waals surface area contributed by atoms with Gasteiger partial charge in [0.25, 0.3) is 0 Å². The van der Waals surface area contributed by atoms with Gasteiger partial charge in [-0.05, 0) is 26.8 Å². The van der Waals surface area contributed by atoms with Crippen molar-refractivity contribution in [2.45, 2.75) is 38.8 Å². The van der Waals surface area contributed by atoms with Gasteiger partial charge in [-0.1, -0.05) is 18.2 Å². The number of fused-ring (bicyclic) bond motifs is 1. The van der Waals surface area contributed by atoms with Crippen LogP contribution in [0.25, 0.3) is 0 Å². The summed E-state index contributed by atoms with van der Waals surface area (Å²) in [4.78, 5) is 16.0. The minimum Gasteiger partial charge on any atom is -0.493 e. The van der Waals surface area contributed by atoms with E-state index < -0.39 is 5.60 Å². The fraction of sp³-hybridized carbons (Fsp3) is 0.529. The van der Waals surface area contributed by atoms with Crippen LogP contribution in [0.3, 0.4) is 0 Å². The van der Waals surface area contributed by atoms with Crippen molar-refractivity contribution in [2.75, 3.05) is 20.2 Å². The van der Waals surface area contributed by atoms with Gasteiger partial charge in [-0.15, -0.1) is 24.0 Å². The molecule has 1 atom stereocenters. The fourth-order valence-corrected chi connectivity index (χ4v) is 2.39. The standard InChI is InChI=1S/C17H25N3O3.HI/c1-17(2,3)23-15(21)11-19-16(18-4)20-13-9-10-22-14-8-6-5-7-12(13)14;/h5-8,13H,9-11H2,1-4H3,(H2,18,19,20);1H. The Bertz CT molecular complexity index is 585. The Morgan fingerprint density at radius 2 is 2.08 bits per heavy atom. The maximum Gasteiger partial charge on any atom is 0.325 e. The SMILES string of the molecule is CN=C(NCC(=O)OC(C)(C)C)NC1CCOc2ccccc21.I. The quantitative estimate of drug-likeness (QED) is 0.323. The van der Waals surface area contributed by atoms with Crippen LogP contribution in [0.4, 0.5) is 0 Å². The smallest absolute Gasteiger partial charge is 0.325 e. The van der Waals surface area contributed by atoms with Crippen LogP contribution < -0.4 is 15.4 Å². The van der Waals surface area contributed by atoms with Crippen molar-refractivity contribution in [1.82, 2.24) is 10.6 Å². The van der Waals surface area contributed by atoms with E-state index in [0.717, 1.165) is 17.7 Å². The largest absolute Gasteiger partial charge is 0.493 e. The van der Waals surface area contributed by atoms with Gasteiger partial charge in [0.2, 0.25) is 0 Å². The van der Waals surface area contributed by atoms with Gasteiger partial charge in [-0.25, -0.2) is 0 Å². The summed E-state index contributed by atoms with van der Waals surface area (Å²) in [7, 11) is 1.68. The number of hydrogen-bond acceptors (Lipinski definition) is 4. The molecule has 134 valence electrons. The molecule has 1 aromatic rings. The molecule has 0 spiro atoms. The summed E-state index contributed by atoms with van der Waals surface area (Å²) in [6.45, 7) is 6.25. The molecule has 2 N–H and O–H groups in total. The Morgan fingerprint density at radius 3 is 2.75 bits per heavy atom. The Kier molecular flexibility index (Phi) is 7.78. The predicted octanol–water partition coefficient (Wildman–Crippen LogP) is 2.63. The van der Waals surface area contributed by atoms with E-state index in [-0.39, 0.29) is 42.5 Å². The molecule has 0 saturated carbocycles. The lowest BCUT2D eigenvalue weighted by molar-refractivity contribution is -0.153. The van der Waals surface area contributed by atoms with E-state index in [9.17, 15) is 4.79 Å².